The molecule has 118 valence electrons. The molecule has 0 aliphatic carbocycles. The van der Waals surface area contributed by atoms with E-state index in [-0.39, 0.29) is 23.7 Å². The second-order valence-electron chi connectivity index (χ2n) is 6.39. The Labute approximate surface area is 134 Å². The lowest BCUT2D eigenvalue weighted by Gasteiger charge is -2.25. The lowest BCUT2D eigenvalue weighted by Crippen LogP contribution is -2.43. The summed E-state index contributed by atoms with van der Waals surface area (Å²) in [7, 11) is 0. The number of aryl methyl sites for hydroxylation is 1. The standard InChI is InChI=1S/C17H26N2O.ClH/c1-17(2,16(20)19-15-10-12-18-13-15)11-6-9-14-7-4-3-5-8-14;/h3-5,7-8,15,18H,6,9-13H2,1-2H3,(H,19,20);1H. The van der Waals surface area contributed by atoms with Gasteiger partial charge >= 0.3 is 0 Å². The first-order valence-electron chi connectivity index (χ1n) is 7.63. The fraction of sp³-hybridized carbons (Fsp3) is 0.588. The first-order valence-corrected chi connectivity index (χ1v) is 7.63. The Balaban J connectivity index is 0.00000220. The van der Waals surface area contributed by atoms with E-state index in [2.05, 4.69) is 48.7 Å². The molecule has 2 N–H and O–H groups in total. The topological polar surface area (TPSA) is 41.1 Å². The van der Waals surface area contributed by atoms with Crippen molar-refractivity contribution in [2.45, 2.75) is 45.6 Å². The molecule has 0 radical (unpaired) electrons. The van der Waals surface area contributed by atoms with Gasteiger partial charge in [0.25, 0.3) is 0 Å². The van der Waals surface area contributed by atoms with Crippen molar-refractivity contribution in [2.75, 3.05) is 13.1 Å². The van der Waals surface area contributed by atoms with Crippen molar-refractivity contribution in [2.24, 2.45) is 5.41 Å². The highest BCUT2D eigenvalue weighted by Gasteiger charge is 2.29. The van der Waals surface area contributed by atoms with E-state index in [9.17, 15) is 4.79 Å². The summed E-state index contributed by atoms with van der Waals surface area (Å²) in [4.78, 5) is 12.3. The third-order valence-electron chi connectivity index (χ3n) is 4.12. The number of amides is 1. The predicted molar refractivity (Wildman–Crippen MR) is 89.8 cm³/mol. The molecule has 1 aromatic carbocycles. The first-order chi connectivity index (χ1) is 9.58. The summed E-state index contributed by atoms with van der Waals surface area (Å²) in [6.45, 7) is 6.02. The average Bonchev–Trinajstić information content (AvgIpc) is 2.92. The van der Waals surface area contributed by atoms with Gasteiger partial charge < -0.3 is 10.6 Å². The summed E-state index contributed by atoms with van der Waals surface area (Å²) >= 11 is 0. The third kappa shape index (κ3) is 5.68. The number of nitrogens with one attached hydrogen (secondary N) is 2. The van der Waals surface area contributed by atoms with Crippen molar-refractivity contribution in [1.82, 2.24) is 10.6 Å². The zero-order valence-corrected chi connectivity index (χ0v) is 13.8. The Morgan fingerprint density at radius 3 is 2.67 bits per heavy atom. The molecule has 0 aromatic heterocycles. The predicted octanol–water partition coefficient (Wildman–Crippen LogP) is 2.94. The molecular formula is C17H27ClN2O. The summed E-state index contributed by atoms with van der Waals surface area (Å²) in [5, 5.41) is 6.45. The molecule has 21 heavy (non-hydrogen) atoms. The molecule has 1 unspecified atom stereocenters. The number of halogens is 1. The van der Waals surface area contributed by atoms with Crippen molar-refractivity contribution in [3.8, 4) is 0 Å². The zero-order valence-electron chi connectivity index (χ0n) is 13.0. The minimum Gasteiger partial charge on any atom is -0.352 e. The molecule has 4 heteroatoms. The number of hydrogen-bond donors (Lipinski definition) is 2. The molecule has 1 aliphatic heterocycles. The number of carbonyl (C=O) groups is 1. The van der Waals surface area contributed by atoms with E-state index in [1.54, 1.807) is 0 Å². The molecule has 0 bridgehead atoms. The Morgan fingerprint density at radius 2 is 2.05 bits per heavy atom. The molecule has 0 spiro atoms. The van der Waals surface area contributed by atoms with Crippen LogP contribution in [0.1, 0.15) is 38.7 Å². The number of carbonyl (C=O) groups excluding carboxylic acids is 1. The van der Waals surface area contributed by atoms with Gasteiger partial charge in [-0.1, -0.05) is 44.2 Å². The minimum absolute atomic E-state index is 0. The second-order valence-corrected chi connectivity index (χ2v) is 6.39. The van der Waals surface area contributed by atoms with E-state index in [1.165, 1.54) is 5.56 Å². The smallest absolute Gasteiger partial charge is 0.225 e. The van der Waals surface area contributed by atoms with Gasteiger partial charge in [-0.15, -0.1) is 12.4 Å². The van der Waals surface area contributed by atoms with Crippen LogP contribution in [0.2, 0.25) is 0 Å². The van der Waals surface area contributed by atoms with E-state index in [4.69, 9.17) is 0 Å². The maximum absolute atomic E-state index is 12.3. The van der Waals surface area contributed by atoms with Crippen LogP contribution >= 0.6 is 12.4 Å². The second kappa shape index (κ2) is 8.40. The summed E-state index contributed by atoms with van der Waals surface area (Å²) in [5.74, 6) is 0.194. The van der Waals surface area contributed by atoms with Gasteiger partial charge in [0.05, 0.1) is 0 Å². The van der Waals surface area contributed by atoms with E-state index >= 15 is 0 Å². The normalized spacial score (nSPS) is 18.1. The summed E-state index contributed by atoms with van der Waals surface area (Å²) in [6.07, 6.45) is 4.07. The highest BCUT2D eigenvalue weighted by molar-refractivity contribution is 5.85. The van der Waals surface area contributed by atoms with Gasteiger partial charge in [-0.2, -0.15) is 0 Å². The summed E-state index contributed by atoms with van der Waals surface area (Å²) in [6, 6.07) is 10.8. The zero-order chi connectivity index (χ0) is 14.4. The van der Waals surface area contributed by atoms with Crippen LogP contribution in [0, 0.1) is 5.41 Å². The number of rotatable bonds is 6. The quantitative estimate of drug-likeness (QED) is 0.848. The fourth-order valence-corrected chi connectivity index (χ4v) is 2.65. The number of benzene rings is 1. The Hall–Kier alpha value is -1.06. The minimum atomic E-state index is -0.280. The van der Waals surface area contributed by atoms with Crippen molar-refractivity contribution < 1.29 is 4.79 Å². The monoisotopic (exact) mass is 310 g/mol. The molecule has 0 saturated carbocycles. The fourth-order valence-electron chi connectivity index (χ4n) is 2.65. The Morgan fingerprint density at radius 1 is 1.33 bits per heavy atom. The van der Waals surface area contributed by atoms with E-state index < -0.39 is 0 Å². The van der Waals surface area contributed by atoms with Crippen LogP contribution in [0.25, 0.3) is 0 Å². The van der Waals surface area contributed by atoms with Gasteiger partial charge in [0.2, 0.25) is 5.91 Å². The van der Waals surface area contributed by atoms with Crippen LogP contribution < -0.4 is 10.6 Å². The van der Waals surface area contributed by atoms with E-state index in [0.717, 1.165) is 38.8 Å². The molecule has 1 fully saturated rings. The van der Waals surface area contributed by atoms with Gasteiger partial charge in [-0.3, -0.25) is 4.79 Å². The molecule has 1 aliphatic rings. The van der Waals surface area contributed by atoms with Crippen LogP contribution in [-0.4, -0.2) is 25.0 Å². The molecule has 2 rings (SSSR count). The van der Waals surface area contributed by atoms with E-state index in [1.807, 2.05) is 6.07 Å². The lowest BCUT2D eigenvalue weighted by atomic mass is 9.85. The molecule has 1 aromatic rings. The Kier molecular flexibility index (Phi) is 7.20. The highest BCUT2D eigenvalue weighted by Crippen LogP contribution is 2.24. The Bertz CT molecular complexity index is 428. The van der Waals surface area contributed by atoms with Crippen LogP contribution in [0.3, 0.4) is 0 Å². The first kappa shape index (κ1) is 18.0. The highest BCUT2D eigenvalue weighted by atomic mass is 35.5. The average molecular weight is 311 g/mol. The van der Waals surface area contributed by atoms with Crippen LogP contribution in [0.15, 0.2) is 30.3 Å². The summed E-state index contributed by atoms with van der Waals surface area (Å²) < 4.78 is 0. The molecule has 1 amide bonds. The third-order valence-corrected chi connectivity index (χ3v) is 4.12. The van der Waals surface area contributed by atoms with Gasteiger partial charge in [0, 0.05) is 18.0 Å². The van der Waals surface area contributed by atoms with Gasteiger partial charge in [0.1, 0.15) is 0 Å². The van der Waals surface area contributed by atoms with Crippen molar-refractivity contribution in [1.29, 1.82) is 0 Å². The molecule has 1 saturated heterocycles. The van der Waals surface area contributed by atoms with Crippen LogP contribution in [0.4, 0.5) is 0 Å². The van der Waals surface area contributed by atoms with Crippen molar-refractivity contribution in [3.63, 3.8) is 0 Å². The van der Waals surface area contributed by atoms with Crippen molar-refractivity contribution in [3.05, 3.63) is 35.9 Å². The molecule has 1 heterocycles. The van der Waals surface area contributed by atoms with Gasteiger partial charge in [0.15, 0.2) is 0 Å². The maximum Gasteiger partial charge on any atom is 0.225 e. The van der Waals surface area contributed by atoms with Crippen LogP contribution in [0.5, 0.6) is 0 Å². The van der Waals surface area contributed by atoms with Crippen LogP contribution in [-0.2, 0) is 11.2 Å². The van der Waals surface area contributed by atoms with Gasteiger partial charge in [-0.25, -0.2) is 0 Å². The maximum atomic E-state index is 12.3. The van der Waals surface area contributed by atoms with Gasteiger partial charge in [-0.05, 0) is 37.8 Å². The number of hydrogen-bond acceptors (Lipinski definition) is 2. The lowest BCUT2D eigenvalue weighted by molar-refractivity contribution is -0.130. The van der Waals surface area contributed by atoms with Crippen molar-refractivity contribution >= 4 is 18.3 Å². The molecule has 1 atom stereocenters. The largest absolute Gasteiger partial charge is 0.352 e. The van der Waals surface area contributed by atoms with E-state index in [0.29, 0.717) is 6.04 Å². The summed E-state index contributed by atoms with van der Waals surface area (Å²) in [5.41, 5.74) is 1.07. The SMILES string of the molecule is CC(C)(CCCc1ccccc1)C(=O)NC1CCNC1.Cl. The molecule has 3 nitrogen and oxygen atoms in total. The molecular weight excluding hydrogens is 284 g/mol.